The molecule has 1 heterocycles. The van der Waals surface area contributed by atoms with Gasteiger partial charge in [0, 0.05) is 4.88 Å². The predicted molar refractivity (Wildman–Crippen MR) is 56.3 cm³/mol. The average molecular weight is 318 g/mol. The van der Waals surface area contributed by atoms with Crippen molar-refractivity contribution < 1.29 is 22.7 Å². The number of halogens is 4. The summed E-state index contributed by atoms with van der Waals surface area (Å²) < 4.78 is 39.9. The molecule has 1 rings (SSSR count). The Morgan fingerprint density at radius 2 is 2.19 bits per heavy atom. The quantitative estimate of drug-likeness (QED) is 0.929. The number of nitrogens with one attached hydrogen (secondary N) is 1. The Bertz CT molecular complexity index is 366. The summed E-state index contributed by atoms with van der Waals surface area (Å²) in [6.45, 7) is -1.43. The third kappa shape index (κ3) is 5.36. The van der Waals surface area contributed by atoms with Crippen LogP contribution in [-0.4, -0.2) is 18.9 Å². The zero-order chi connectivity index (χ0) is 12.2. The molecule has 8 heteroatoms. The monoisotopic (exact) mass is 317 g/mol. The maximum Gasteiger partial charge on any atom is 0.422 e. The first-order chi connectivity index (χ1) is 7.37. The number of rotatable bonds is 3. The van der Waals surface area contributed by atoms with E-state index < -0.39 is 18.9 Å². The molecule has 90 valence electrons. The van der Waals surface area contributed by atoms with E-state index in [1.165, 1.54) is 11.3 Å². The molecule has 0 aliphatic heterocycles. The van der Waals surface area contributed by atoms with Crippen molar-refractivity contribution in [2.45, 2.75) is 12.7 Å². The highest BCUT2D eigenvalue weighted by Gasteiger charge is 2.29. The Labute approximate surface area is 102 Å². The molecule has 0 aliphatic rings. The second-order valence-electron chi connectivity index (χ2n) is 2.75. The number of hydrogen-bond acceptors (Lipinski definition) is 3. The van der Waals surface area contributed by atoms with Gasteiger partial charge in [0.1, 0.15) is 0 Å². The topological polar surface area (TPSA) is 38.3 Å². The third-order valence-corrected chi connectivity index (χ3v) is 3.03. The van der Waals surface area contributed by atoms with Crippen LogP contribution in [0.25, 0.3) is 0 Å². The van der Waals surface area contributed by atoms with Gasteiger partial charge in [-0.05, 0) is 28.1 Å². The number of hydrogen-bond donors (Lipinski definition) is 1. The van der Waals surface area contributed by atoms with E-state index in [1.54, 1.807) is 12.1 Å². The summed E-state index contributed by atoms with van der Waals surface area (Å²) in [6.07, 6.45) is -5.58. The number of ether oxygens (including phenoxy) is 1. The summed E-state index contributed by atoms with van der Waals surface area (Å²) in [4.78, 5) is 11.6. The van der Waals surface area contributed by atoms with Crippen LogP contribution < -0.4 is 5.32 Å². The fraction of sp³-hybridized carbons (Fsp3) is 0.375. The van der Waals surface area contributed by atoms with Crippen molar-refractivity contribution in [1.82, 2.24) is 5.32 Å². The highest BCUT2D eigenvalue weighted by atomic mass is 79.9. The third-order valence-electron chi connectivity index (χ3n) is 1.40. The standard InChI is InChI=1S/C8H7BrF3NO2S/c9-6-2-1-5(16-6)3-13-7(14)15-4-8(10,11)12/h1-2H,3-4H2,(H,13,14). The van der Waals surface area contributed by atoms with Gasteiger partial charge in [-0.15, -0.1) is 11.3 Å². The molecule has 1 aromatic heterocycles. The van der Waals surface area contributed by atoms with Gasteiger partial charge in [0.2, 0.25) is 0 Å². The minimum Gasteiger partial charge on any atom is -0.440 e. The van der Waals surface area contributed by atoms with Gasteiger partial charge < -0.3 is 10.1 Å². The molecule has 1 amide bonds. The number of carbonyl (C=O) groups is 1. The zero-order valence-electron chi connectivity index (χ0n) is 7.81. The van der Waals surface area contributed by atoms with Crippen LogP contribution in [0.15, 0.2) is 15.9 Å². The molecule has 1 aromatic rings. The molecule has 1 N–H and O–H groups in total. The first-order valence-electron chi connectivity index (χ1n) is 4.08. The lowest BCUT2D eigenvalue weighted by Gasteiger charge is -2.08. The van der Waals surface area contributed by atoms with Crippen molar-refractivity contribution in [3.8, 4) is 0 Å². The maximum atomic E-state index is 11.7. The van der Waals surface area contributed by atoms with Crippen LogP contribution in [0.1, 0.15) is 4.88 Å². The van der Waals surface area contributed by atoms with E-state index in [0.29, 0.717) is 0 Å². The molecule has 0 radical (unpaired) electrons. The average Bonchev–Trinajstić information content (AvgIpc) is 2.57. The minimum atomic E-state index is -4.50. The molecule has 0 aromatic carbocycles. The first kappa shape index (κ1) is 13.3. The molecule has 0 fully saturated rings. The molecular formula is C8H7BrF3NO2S. The molecule has 0 atom stereocenters. The van der Waals surface area contributed by atoms with Crippen LogP contribution in [0.3, 0.4) is 0 Å². The van der Waals surface area contributed by atoms with E-state index in [-0.39, 0.29) is 6.54 Å². The summed E-state index contributed by atoms with van der Waals surface area (Å²) in [7, 11) is 0. The van der Waals surface area contributed by atoms with Gasteiger partial charge in [-0.25, -0.2) is 4.79 Å². The molecule has 0 unspecified atom stereocenters. The van der Waals surface area contributed by atoms with Gasteiger partial charge in [-0.1, -0.05) is 0 Å². The Morgan fingerprint density at radius 1 is 1.50 bits per heavy atom. The lowest BCUT2D eigenvalue weighted by Crippen LogP contribution is -2.28. The van der Waals surface area contributed by atoms with Gasteiger partial charge in [0.15, 0.2) is 6.61 Å². The van der Waals surface area contributed by atoms with Gasteiger partial charge in [0.05, 0.1) is 10.3 Å². The van der Waals surface area contributed by atoms with E-state index in [0.717, 1.165) is 8.66 Å². The molecule has 16 heavy (non-hydrogen) atoms. The minimum absolute atomic E-state index is 0.146. The Hall–Kier alpha value is -0.760. The summed E-state index contributed by atoms with van der Waals surface area (Å²) in [6, 6.07) is 3.53. The van der Waals surface area contributed by atoms with Crippen LogP contribution in [0.2, 0.25) is 0 Å². The van der Waals surface area contributed by atoms with Crippen molar-refractivity contribution in [2.24, 2.45) is 0 Å². The Balaban J connectivity index is 2.25. The van der Waals surface area contributed by atoms with Gasteiger partial charge >= 0.3 is 12.3 Å². The molecule has 0 aliphatic carbocycles. The summed E-state index contributed by atoms with van der Waals surface area (Å²) in [5.74, 6) is 0. The van der Waals surface area contributed by atoms with Crippen LogP contribution in [0, 0.1) is 0 Å². The van der Waals surface area contributed by atoms with Crippen molar-refractivity contribution in [3.05, 3.63) is 20.8 Å². The van der Waals surface area contributed by atoms with Gasteiger partial charge in [-0.3, -0.25) is 0 Å². The second-order valence-corrected chi connectivity index (χ2v) is 5.30. The molecular weight excluding hydrogens is 311 g/mol. The molecule has 3 nitrogen and oxygen atoms in total. The Morgan fingerprint density at radius 3 is 2.69 bits per heavy atom. The van der Waals surface area contributed by atoms with Gasteiger partial charge in [0.25, 0.3) is 0 Å². The molecule has 0 saturated heterocycles. The number of carbonyl (C=O) groups excluding carboxylic acids is 1. The van der Waals surface area contributed by atoms with Crippen LogP contribution >= 0.6 is 27.3 Å². The van der Waals surface area contributed by atoms with E-state index >= 15 is 0 Å². The van der Waals surface area contributed by atoms with Crippen molar-refractivity contribution in [1.29, 1.82) is 0 Å². The number of alkyl halides is 3. The summed E-state index contributed by atoms with van der Waals surface area (Å²) in [5, 5.41) is 2.21. The van der Waals surface area contributed by atoms with Crippen molar-refractivity contribution >= 4 is 33.4 Å². The smallest absolute Gasteiger partial charge is 0.422 e. The van der Waals surface area contributed by atoms with Crippen molar-refractivity contribution in [2.75, 3.05) is 6.61 Å². The highest BCUT2D eigenvalue weighted by molar-refractivity contribution is 9.11. The molecule has 0 saturated carbocycles. The van der Waals surface area contributed by atoms with Crippen LogP contribution in [0.5, 0.6) is 0 Å². The zero-order valence-corrected chi connectivity index (χ0v) is 10.2. The second kappa shape index (κ2) is 5.53. The lowest BCUT2D eigenvalue weighted by atomic mass is 10.5. The number of amides is 1. The Kier molecular flexibility index (Phi) is 4.60. The predicted octanol–water partition coefficient (Wildman–Crippen LogP) is 3.30. The molecule has 0 spiro atoms. The maximum absolute atomic E-state index is 11.7. The van der Waals surface area contributed by atoms with Crippen LogP contribution in [0.4, 0.5) is 18.0 Å². The van der Waals surface area contributed by atoms with Crippen molar-refractivity contribution in [3.63, 3.8) is 0 Å². The van der Waals surface area contributed by atoms with E-state index in [4.69, 9.17) is 0 Å². The lowest BCUT2D eigenvalue weighted by molar-refractivity contribution is -0.160. The first-order valence-corrected chi connectivity index (χ1v) is 5.69. The number of alkyl carbamates (subject to hydrolysis) is 1. The highest BCUT2D eigenvalue weighted by Crippen LogP contribution is 2.21. The van der Waals surface area contributed by atoms with E-state index in [2.05, 4.69) is 26.0 Å². The van der Waals surface area contributed by atoms with Crippen LogP contribution in [-0.2, 0) is 11.3 Å². The SMILES string of the molecule is O=C(NCc1ccc(Br)s1)OCC(F)(F)F. The summed E-state index contributed by atoms with van der Waals surface area (Å²) >= 11 is 4.60. The fourth-order valence-electron chi connectivity index (χ4n) is 0.804. The molecule has 0 bridgehead atoms. The fourth-order valence-corrected chi connectivity index (χ4v) is 2.23. The summed E-state index contributed by atoms with van der Waals surface area (Å²) in [5.41, 5.74) is 0. The van der Waals surface area contributed by atoms with E-state index in [1.807, 2.05) is 0 Å². The van der Waals surface area contributed by atoms with E-state index in [9.17, 15) is 18.0 Å². The largest absolute Gasteiger partial charge is 0.440 e. The normalized spacial score (nSPS) is 11.2. The number of thiophene rings is 1. The van der Waals surface area contributed by atoms with Gasteiger partial charge in [-0.2, -0.15) is 13.2 Å².